The van der Waals surface area contributed by atoms with Crippen LogP contribution in [0.4, 0.5) is 11.6 Å². The average Bonchev–Trinajstić information content (AvgIpc) is 3.48. The first-order valence-electron chi connectivity index (χ1n) is 11.4. The van der Waals surface area contributed by atoms with Gasteiger partial charge in [0.05, 0.1) is 23.9 Å². The molecule has 180 valence electrons. The summed E-state index contributed by atoms with van der Waals surface area (Å²) in [7, 11) is 1.85. The van der Waals surface area contributed by atoms with E-state index in [0.717, 1.165) is 21.8 Å². The zero-order chi connectivity index (χ0) is 23.9. The Kier molecular flexibility index (Phi) is 5.98. The molecule has 3 N–H and O–H groups in total. The number of hydrogen-bond donors (Lipinski definition) is 2. The first-order valence-corrected chi connectivity index (χ1v) is 11.4. The number of hydrogen-bond acceptors (Lipinski definition) is 9. The number of nitrogens with two attached hydrogens (primary N) is 1. The van der Waals surface area contributed by atoms with E-state index >= 15 is 0 Å². The molecule has 2 fully saturated rings. The molecule has 3 aromatic heterocycles. The van der Waals surface area contributed by atoms with Crippen LogP contribution in [0.3, 0.4) is 0 Å². The van der Waals surface area contributed by atoms with Crippen molar-refractivity contribution in [1.29, 1.82) is 0 Å². The molecule has 2 aliphatic rings. The maximum Gasteiger partial charge on any atom is 0.164 e. The van der Waals surface area contributed by atoms with Gasteiger partial charge in [-0.1, -0.05) is 6.08 Å². The van der Waals surface area contributed by atoms with Gasteiger partial charge in [-0.05, 0) is 50.3 Å². The van der Waals surface area contributed by atoms with Gasteiger partial charge in [-0.2, -0.15) is 0 Å². The normalized spacial score (nSPS) is 26.9. The second-order valence-electron chi connectivity index (χ2n) is 8.80. The molecule has 0 unspecified atom stereocenters. The molecular weight excluding hydrogens is 436 g/mol. The lowest BCUT2D eigenvalue weighted by molar-refractivity contribution is -0.201. The Balaban J connectivity index is 1.34. The molecule has 0 aromatic carbocycles. The summed E-state index contributed by atoms with van der Waals surface area (Å²) < 4.78 is 26.7. The van der Waals surface area contributed by atoms with Crippen molar-refractivity contribution in [3.05, 3.63) is 41.3 Å². The Morgan fingerprint density at radius 3 is 2.82 bits per heavy atom. The van der Waals surface area contributed by atoms with E-state index in [9.17, 15) is 0 Å². The van der Waals surface area contributed by atoms with Crippen LogP contribution in [0.2, 0.25) is 0 Å². The summed E-state index contributed by atoms with van der Waals surface area (Å²) >= 11 is 0. The van der Waals surface area contributed by atoms with E-state index in [1.54, 1.807) is 0 Å². The summed E-state index contributed by atoms with van der Waals surface area (Å²) in [4.78, 5) is 13.1. The largest absolute Gasteiger partial charge is 0.383 e. The van der Waals surface area contributed by atoms with Gasteiger partial charge in [0.2, 0.25) is 0 Å². The second kappa shape index (κ2) is 8.95. The molecule has 0 amide bonds. The van der Waals surface area contributed by atoms with E-state index < -0.39 is 12.0 Å². The molecule has 2 aliphatic heterocycles. The number of pyridine rings is 1. The average molecular weight is 467 g/mol. The summed E-state index contributed by atoms with van der Waals surface area (Å²) in [5.74, 6) is 0.517. The molecule has 34 heavy (non-hydrogen) atoms. The summed E-state index contributed by atoms with van der Waals surface area (Å²) in [6.45, 7) is 6.55. The smallest absolute Gasteiger partial charge is 0.164 e. The minimum Gasteiger partial charge on any atom is -0.383 e. The fourth-order valence-corrected chi connectivity index (χ4v) is 4.57. The van der Waals surface area contributed by atoms with Crippen molar-refractivity contribution in [3.8, 4) is 0 Å². The Labute approximate surface area is 197 Å². The molecule has 10 nitrogen and oxygen atoms in total. The van der Waals surface area contributed by atoms with E-state index in [-0.39, 0.29) is 18.3 Å². The van der Waals surface area contributed by atoms with Crippen LogP contribution in [0.1, 0.15) is 27.0 Å². The van der Waals surface area contributed by atoms with E-state index in [0.29, 0.717) is 24.7 Å². The lowest BCUT2D eigenvalue weighted by atomic mass is 10.1. The number of nitrogens with one attached hydrogen (secondary N) is 1. The molecule has 4 atom stereocenters. The van der Waals surface area contributed by atoms with Crippen molar-refractivity contribution in [2.45, 2.75) is 51.1 Å². The first-order chi connectivity index (χ1) is 16.4. The molecule has 0 radical (unpaired) electrons. The molecule has 0 spiro atoms. The number of anilines is 2. The van der Waals surface area contributed by atoms with E-state index in [1.165, 1.54) is 6.33 Å². The van der Waals surface area contributed by atoms with Crippen LogP contribution in [-0.4, -0.2) is 63.9 Å². The SMILES string of the molecule is C/C=c1/ccc(NC)n/c1=C/COC[C@H]1O[C@@H](n2ccc3c(N)ncnc32)[C@@H]2OC(C)(C)O[C@@H]21. The third-order valence-electron chi connectivity index (χ3n) is 6.14. The van der Waals surface area contributed by atoms with Gasteiger partial charge in [-0.3, -0.25) is 0 Å². The topological polar surface area (TPSA) is 119 Å². The van der Waals surface area contributed by atoms with Crippen molar-refractivity contribution in [1.82, 2.24) is 19.5 Å². The highest BCUT2D eigenvalue weighted by Crippen LogP contribution is 2.44. The lowest BCUT2D eigenvalue weighted by Gasteiger charge is -2.25. The molecule has 5 heterocycles. The van der Waals surface area contributed by atoms with Gasteiger partial charge in [0.25, 0.3) is 0 Å². The summed E-state index contributed by atoms with van der Waals surface area (Å²) in [5.41, 5.74) is 6.71. The van der Waals surface area contributed by atoms with Gasteiger partial charge < -0.3 is 34.6 Å². The maximum absolute atomic E-state index is 6.39. The highest BCUT2D eigenvalue weighted by atomic mass is 16.8. The molecule has 3 aromatic rings. The molecular formula is C24H30N6O4. The van der Waals surface area contributed by atoms with Gasteiger partial charge >= 0.3 is 0 Å². The zero-order valence-corrected chi connectivity index (χ0v) is 19.8. The zero-order valence-electron chi connectivity index (χ0n) is 19.8. The first kappa shape index (κ1) is 22.7. The fraction of sp³-hybridized carbons (Fsp3) is 0.458. The van der Waals surface area contributed by atoms with Crippen molar-refractivity contribution in [3.63, 3.8) is 0 Å². The molecule has 5 rings (SSSR count). The summed E-state index contributed by atoms with van der Waals surface area (Å²) in [6, 6.07) is 5.86. The van der Waals surface area contributed by atoms with Gasteiger partial charge in [-0.25, -0.2) is 15.0 Å². The number of nitrogen functional groups attached to an aromatic ring is 1. The highest BCUT2D eigenvalue weighted by molar-refractivity contribution is 5.86. The van der Waals surface area contributed by atoms with Gasteiger partial charge in [0.15, 0.2) is 12.0 Å². The van der Waals surface area contributed by atoms with Crippen LogP contribution in [0.15, 0.2) is 30.7 Å². The van der Waals surface area contributed by atoms with Crippen LogP contribution in [0, 0.1) is 0 Å². The van der Waals surface area contributed by atoms with Crippen molar-refractivity contribution in [2.24, 2.45) is 0 Å². The van der Waals surface area contributed by atoms with Crippen LogP contribution in [-0.2, 0) is 18.9 Å². The monoisotopic (exact) mass is 466 g/mol. The summed E-state index contributed by atoms with van der Waals surface area (Å²) in [5, 5.41) is 5.76. The van der Waals surface area contributed by atoms with Crippen LogP contribution < -0.4 is 21.6 Å². The van der Waals surface area contributed by atoms with Crippen molar-refractivity contribution < 1.29 is 18.9 Å². The third-order valence-corrected chi connectivity index (χ3v) is 6.14. The Bertz CT molecular complexity index is 1310. The van der Waals surface area contributed by atoms with Gasteiger partial charge in [0, 0.05) is 13.2 Å². The number of ether oxygens (including phenoxy) is 4. The predicted octanol–water partition coefficient (Wildman–Crippen LogP) is 1.17. The van der Waals surface area contributed by atoms with Crippen LogP contribution in [0.5, 0.6) is 0 Å². The van der Waals surface area contributed by atoms with Crippen molar-refractivity contribution in [2.75, 3.05) is 31.3 Å². The molecule has 0 saturated carbocycles. The number of rotatable bonds is 6. The Hall–Kier alpha value is -3.05. The Morgan fingerprint density at radius 2 is 2.03 bits per heavy atom. The molecule has 2 saturated heterocycles. The van der Waals surface area contributed by atoms with Crippen LogP contribution >= 0.6 is 0 Å². The predicted molar refractivity (Wildman–Crippen MR) is 128 cm³/mol. The summed E-state index contributed by atoms with van der Waals surface area (Å²) in [6.07, 6.45) is 6.02. The van der Waals surface area contributed by atoms with Crippen molar-refractivity contribution >= 4 is 34.8 Å². The minimum atomic E-state index is -0.720. The van der Waals surface area contributed by atoms with E-state index in [1.807, 2.05) is 68.9 Å². The number of fused-ring (bicyclic) bond motifs is 2. The minimum absolute atomic E-state index is 0.276. The molecule has 0 aliphatic carbocycles. The van der Waals surface area contributed by atoms with Gasteiger partial charge in [-0.15, -0.1) is 0 Å². The number of aromatic nitrogens is 4. The van der Waals surface area contributed by atoms with Gasteiger partial charge in [0.1, 0.15) is 41.9 Å². The third kappa shape index (κ3) is 4.14. The number of nitrogens with zero attached hydrogens (tertiary/aromatic N) is 4. The molecule has 0 bridgehead atoms. The quantitative estimate of drug-likeness (QED) is 0.516. The van der Waals surface area contributed by atoms with E-state index in [4.69, 9.17) is 24.7 Å². The van der Waals surface area contributed by atoms with Crippen LogP contribution in [0.25, 0.3) is 23.2 Å². The maximum atomic E-state index is 6.39. The fourth-order valence-electron chi connectivity index (χ4n) is 4.57. The second-order valence-corrected chi connectivity index (χ2v) is 8.80. The molecule has 10 heteroatoms. The standard InChI is InChI=1S/C24H30N6O4/c1-5-14-6-7-18(26-4)29-16(14)9-11-31-12-17-19-20(34-24(2,3)33-19)23(32-17)30-10-8-15-21(25)27-13-28-22(15)30/h5-10,13,17,19-20,23H,11-12H2,1-4H3,(H,26,29)(H2,25,27,28)/b14-5-,16-9+/t17-,19-,20-,23-/m1/s1. The highest BCUT2D eigenvalue weighted by Gasteiger charge is 2.56. The van der Waals surface area contributed by atoms with E-state index in [2.05, 4.69) is 20.3 Å². The Morgan fingerprint density at radius 1 is 1.21 bits per heavy atom. The lowest BCUT2D eigenvalue weighted by Crippen LogP contribution is -2.33.